The van der Waals surface area contributed by atoms with Crippen LogP contribution in [0.2, 0.25) is 5.02 Å². The van der Waals surface area contributed by atoms with Gasteiger partial charge in [0.15, 0.2) is 0 Å². The number of rotatable bonds is 4. The maximum Gasteiger partial charge on any atom is 0.245 e. The number of likely N-dealkylation sites (N-methyl/N-ethyl adjacent to an activating group) is 1. The van der Waals surface area contributed by atoms with E-state index in [-0.39, 0.29) is 24.8 Å². The van der Waals surface area contributed by atoms with Gasteiger partial charge in [0.2, 0.25) is 17.7 Å². The van der Waals surface area contributed by atoms with Crippen molar-refractivity contribution in [1.82, 2.24) is 20.9 Å². The Morgan fingerprint density at radius 2 is 1.79 bits per heavy atom. The zero-order valence-electron chi connectivity index (χ0n) is 21.9. The van der Waals surface area contributed by atoms with Gasteiger partial charge in [0, 0.05) is 37.1 Å². The molecule has 1 heterocycles. The molecular weight excluding hydrogens is 520 g/mol. The van der Waals surface area contributed by atoms with Crippen LogP contribution in [0.25, 0.3) is 6.08 Å². The highest BCUT2D eigenvalue weighted by Crippen LogP contribution is 2.33. The molecule has 0 spiro atoms. The average Bonchev–Trinajstić information content (AvgIpc) is 3.77. The van der Waals surface area contributed by atoms with Crippen molar-refractivity contribution >= 4 is 35.4 Å². The van der Waals surface area contributed by atoms with Crippen molar-refractivity contribution in [2.75, 3.05) is 33.4 Å². The SMILES string of the molecule is CN1C(=O)[C@H](C2CC2)NCCOc2ccccc2C=CCNC(=O)[C@@H](Cc2ccc(Cl)cc2)NC(=O)[C@@H]1CO. The highest BCUT2D eigenvalue weighted by atomic mass is 35.5. The number of nitrogens with zero attached hydrogens (tertiary/aromatic N) is 1. The van der Waals surface area contributed by atoms with Crippen LogP contribution >= 0.6 is 11.6 Å². The van der Waals surface area contributed by atoms with Gasteiger partial charge in [-0.2, -0.15) is 0 Å². The molecule has 0 unspecified atom stereocenters. The van der Waals surface area contributed by atoms with Gasteiger partial charge < -0.3 is 30.7 Å². The predicted molar refractivity (Wildman–Crippen MR) is 149 cm³/mol. The first-order chi connectivity index (χ1) is 18.9. The number of carbonyl (C=O) groups is 3. The molecule has 0 saturated heterocycles. The van der Waals surface area contributed by atoms with Crippen LogP contribution in [0.5, 0.6) is 5.75 Å². The number of aliphatic hydroxyl groups excluding tert-OH is 1. The Balaban J connectivity index is 1.60. The van der Waals surface area contributed by atoms with Crippen molar-refractivity contribution in [3.63, 3.8) is 0 Å². The van der Waals surface area contributed by atoms with E-state index >= 15 is 0 Å². The number of benzene rings is 2. The van der Waals surface area contributed by atoms with Gasteiger partial charge >= 0.3 is 0 Å². The summed E-state index contributed by atoms with van der Waals surface area (Å²) < 4.78 is 5.98. The molecule has 0 radical (unpaired) electrons. The zero-order valence-corrected chi connectivity index (χ0v) is 22.7. The number of fused-ring (bicyclic) bond motifs is 1. The van der Waals surface area contributed by atoms with E-state index in [2.05, 4.69) is 16.0 Å². The molecule has 10 heteroatoms. The minimum atomic E-state index is -1.15. The molecule has 4 N–H and O–H groups in total. The Labute approximate surface area is 233 Å². The third-order valence-electron chi connectivity index (χ3n) is 6.97. The number of para-hydroxylation sites is 1. The van der Waals surface area contributed by atoms with Crippen LogP contribution in [0, 0.1) is 5.92 Å². The molecule has 3 amide bonds. The van der Waals surface area contributed by atoms with Crippen LogP contribution < -0.4 is 20.7 Å². The predicted octanol–water partition coefficient (Wildman–Crippen LogP) is 1.78. The van der Waals surface area contributed by atoms with Crippen molar-refractivity contribution < 1.29 is 24.2 Å². The fourth-order valence-electron chi connectivity index (χ4n) is 4.57. The maximum absolute atomic E-state index is 13.4. The summed E-state index contributed by atoms with van der Waals surface area (Å²) >= 11 is 6.01. The molecule has 2 aliphatic rings. The minimum Gasteiger partial charge on any atom is -0.492 e. The fraction of sp³-hybridized carbons (Fsp3) is 0.414. The van der Waals surface area contributed by atoms with E-state index in [0.717, 1.165) is 24.0 Å². The number of amides is 3. The standard InChI is InChI=1S/C29H35ClN4O5/c1-34-24(18-35)28(37)33-23(17-19-8-12-22(30)13-9-19)27(36)32-14-4-6-20-5-2-3-7-25(20)39-16-15-31-26(29(34)38)21-10-11-21/h2-9,12-13,21,23-24,26,31,35H,10-11,14-18H2,1H3,(H,32,36)(H,33,37)/t23-,24+,26+/m1/s1. The van der Waals surface area contributed by atoms with Gasteiger partial charge in [-0.3, -0.25) is 14.4 Å². The van der Waals surface area contributed by atoms with Crippen LogP contribution in [0.1, 0.15) is 24.0 Å². The molecule has 208 valence electrons. The lowest BCUT2D eigenvalue weighted by Crippen LogP contribution is -2.58. The van der Waals surface area contributed by atoms with E-state index in [1.807, 2.05) is 36.4 Å². The van der Waals surface area contributed by atoms with E-state index < -0.39 is 36.5 Å². The van der Waals surface area contributed by atoms with Crippen LogP contribution in [0.3, 0.4) is 0 Å². The molecule has 1 fully saturated rings. The van der Waals surface area contributed by atoms with Crippen molar-refractivity contribution in [3.8, 4) is 5.75 Å². The van der Waals surface area contributed by atoms with Crippen molar-refractivity contribution in [3.05, 3.63) is 70.8 Å². The largest absolute Gasteiger partial charge is 0.492 e. The summed E-state index contributed by atoms with van der Waals surface area (Å²) in [4.78, 5) is 41.2. The summed E-state index contributed by atoms with van der Waals surface area (Å²) in [5.74, 6) is -0.424. The third-order valence-corrected chi connectivity index (χ3v) is 7.22. The van der Waals surface area contributed by atoms with E-state index in [9.17, 15) is 19.5 Å². The molecule has 0 aromatic heterocycles. The highest BCUT2D eigenvalue weighted by molar-refractivity contribution is 6.30. The van der Waals surface area contributed by atoms with Crippen LogP contribution in [0.15, 0.2) is 54.6 Å². The van der Waals surface area contributed by atoms with Gasteiger partial charge in [-0.25, -0.2) is 0 Å². The third kappa shape index (κ3) is 7.81. The molecule has 39 heavy (non-hydrogen) atoms. The second kappa shape index (κ2) is 13.6. The fourth-order valence-corrected chi connectivity index (χ4v) is 4.69. The Hall–Kier alpha value is -3.40. The van der Waals surface area contributed by atoms with E-state index in [4.69, 9.17) is 16.3 Å². The Morgan fingerprint density at radius 3 is 2.51 bits per heavy atom. The molecular formula is C29H35ClN4O5. The van der Waals surface area contributed by atoms with Crippen molar-refractivity contribution in [2.45, 2.75) is 37.4 Å². The van der Waals surface area contributed by atoms with Gasteiger partial charge in [-0.05, 0) is 42.5 Å². The number of ether oxygens (including phenoxy) is 1. The normalized spacial score (nSPS) is 23.6. The molecule has 2 aromatic rings. The lowest BCUT2D eigenvalue weighted by molar-refractivity contribution is -0.143. The Kier molecular flexibility index (Phi) is 9.97. The second-order valence-electron chi connectivity index (χ2n) is 9.84. The van der Waals surface area contributed by atoms with Crippen LogP contribution in [-0.2, 0) is 20.8 Å². The molecule has 4 rings (SSSR count). The molecule has 1 saturated carbocycles. The summed E-state index contributed by atoms with van der Waals surface area (Å²) in [6.07, 6.45) is 5.70. The molecule has 1 aliphatic heterocycles. The summed E-state index contributed by atoms with van der Waals surface area (Å²) in [7, 11) is 1.50. The molecule has 9 nitrogen and oxygen atoms in total. The topological polar surface area (TPSA) is 120 Å². The van der Waals surface area contributed by atoms with Crippen LogP contribution in [-0.4, -0.2) is 79.2 Å². The van der Waals surface area contributed by atoms with Gasteiger partial charge in [0.05, 0.1) is 12.6 Å². The molecule has 2 aromatic carbocycles. The molecule has 0 bridgehead atoms. The highest BCUT2D eigenvalue weighted by Gasteiger charge is 2.40. The first-order valence-corrected chi connectivity index (χ1v) is 13.6. The summed E-state index contributed by atoms with van der Waals surface area (Å²) in [5, 5.41) is 19.5. The monoisotopic (exact) mass is 554 g/mol. The van der Waals surface area contributed by atoms with Gasteiger partial charge in [0.25, 0.3) is 0 Å². The average molecular weight is 555 g/mol. The Bertz CT molecular complexity index is 1180. The zero-order chi connectivity index (χ0) is 27.8. The Morgan fingerprint density at radius 1 is 1.05 bits per heavy atom. The smallest absolute Gasteiger partial charge is 0.245 e. The first-order valence-electron chi connectivity index (χ1n) is 13.2. The lowest BCUT2D eigenvalue weighted by atomic mass is 10.0. The summed E-state index contributed by atoms with van der Waals surface area (Å²) in [6, 6.07) is 12.0. The lowest BCUT2D eigenvalue weighted by Gasteiger charge is -2.31. The number of carbonyl (C=O) groups excluding carboxylic acids is 3. The van der Waals surface area contributed by atoms with Gasteiger partial charge in [-0.15, -0.1) is 0 Å². The van der Waals surface area contributed by atoms with Gasteiger partial charge in [-0.1, -0.05) is 54.1 Å². The summed E-state index contributed by atoms with van der Waals surface area (Å²) in [6.45, 7) is 0.433. The van der Waals surface area contributed by atoms with E-state index in [1.165, 1.54) is 11.9 Å². The molecule has 3 atom stereocenters. The first kappa shape index (κ1) is 28.6. The number of aliphatic hydroxyl groups is 1. The van der Waals surface area contributed by atoms with Gasteiger partial charge in [0.1, 0.15) is 24.4 Å². The summed E-state index contributed by atoms with van der Waals surface area (Å²) in [5.41, 5.74) is 1.66. The second-order valence-corrected chi connectivity index (χ2v) is 10.3. The van der Waals surface area contributed by atoms with E-state index in [0.29, 0.717) is 23.9 Å². The maximum atomic E-state index is 13.4. The van der Waals surface area contributed by atoms with E-state index in [1.54, 1.807) is 24.3 Å². The molecule has 1 aliphatic carbocycles. The minimum absolute atomic E-state index is 0.159. The number of hydrogen-bond donors (Lipinski definition) is 4. The number of nitrogens with one attached hydrogen (secondary N) is 3. The number of halogens is 1. The van der Waals surface area contributed by atoms with Crippen molar-refractivity contribution in [2.24, 2.45) is 5.92 Å². The van der Waals surface area contributed by atoms with Crippen LogP contribution in [0.4, 0.5) is 0 Å². The quantitative estimate of drug-likeness (QED) is 0.457. The van der Waals surface area contributed by atoms with Crippen molar-refractivity contribution in [1.29, 1.82) is 0 Å². The number of hydrogen-bond acceptors (Lipinski definition) is 6.